The Morgan fingerprint density at radius 1 is 0.882 bits per heavy atom. The Kier molecular flexibility index (Phi) is 5.55. The molecule has 6 heteroatoms. The van der Waals surface area contributed by atoms with Crippen molar-refractivity contribution < 1.29 is 4.84 Å². The van der Waals surface area contributed by atoms with Crippen LogP contribution in [0.3, 0.4) is 0 Å². The lowest BCUT2D eigenvalue weighted by Crippen LogP contribution is -2.38. The molecule has 1 N–H and O–H groups in total. The van der Waals surface area contributed by atoms with E-state index in [1.807, 2.05) is 12.1 Å². The number of nitrogens with one attached hydrogen (secondary N) is 1. The molecule has 6 rings (SSSR count). The minimum atomic E-state index is -0.548. The molecule has 172 valence electrons. The van der Waals surface area contributed by atoms with Crippen molar-refractivity contribution in [3.63, 3.8) is 0 Å². The molecule has 0 aliphatic carbocycles. The monoisotopic (exact) mass is 468 g/mol. The van der Waals surface area contributed by atoms with Crippen LogP contribution in [0.5, 0.6) is 0 Å². The first kappa shape index (κ1) is 21.3. The van der Waals surface area contributed by atoms with E-state index in [9.17, 15) is 0 Å². The molecule has 3 aromatic carbocycles. The predicted octanol–water partition coefficient (Wildman–Crippen LogP) is 6.06. The maximum Gasteiger partial charge on any atom is 0.193 e. The van der Waals surface area contributed by atoms with Crippen LogP contribution < -0.4 is 0 Å². The number of likely N-dealkylation sites (tertiary alicyclic amines) is 1. The van der Waals surface area contributed by atoms with Gasteiger partial charge < -0.3 is 14.4 Å². The maximum absolute atomic E-state index is 6.25. The largest absolute Gasteiger partial charge is 0.379 e. The molecule has 0 saturated carbocycles. The number of aromatic nitrogens is 2. The Labute approximate surface area is 204 Å². The number of aromatic amines is 1. The third kappa shape index (κ3) is 3.77. The van der Waals surface area contributed by atoms with Crippen molar-refractivity contribution in [1.82, 2.24) is 14.5 Å². The molecule has 0 unspecified atom stereocenters. The van der Waals surface area contributed by atoms with Crippen LogP contribution in [0, 0.1) is 4.77 Å². The molecule has 0 bridgehead atoms. The number of oxime groups is 1. The zero-order valence-electron chi connectivity index (χ0n) is 19.1. The van der Waals surface area contributed by atoms with E-state index >= 15 is 0 Å². The van der Waals surface area contributed by atoms with Crippen molar-refractivity contribution in [2.45, 2.75) is 30.9 Å². The zero-order chi connectivity index (χ0) is 23.0. The first-order chi connectivity index (χ1) is 16.7. The number of imidazole rings is 1. The average Bonchev–Trinajstić information content (AvgIpc) is 3.47. The molecular formula is C28H28N4OS. The SMILES string of the molecule is S=c1[nH]c2ccccc2n1C1CCN(CC2=NOC(c3ccccc3)(c3ccccc3)C2)CC1. The first-order valence-electron chi connectivity index (χ1n) is 12.0. The average molecular weight is 469 g/mol. The number of rotatable bonds is 5. The Hall–Kier alpha value is -3.22. The number of fused-ring (bicyclic) bond motifs is 1. The number of piperidine rings is 1. The van der Waals surface area contributed by atoms with E-state index < -0.39 is 5.60 Å². The number of hydrogen-bond donors (Lipinski definition) is 1. The molecule has 1 saturated heterocycles. The first-order valence-corrected chi connectivity index (χ1v) is 12.4. The lowest BCUT2D eigenvalue weighted by atomic mass is 9.82. The number of nitrogens with zero attached hydrogens (tertiary/aromatic N) is 3. The summed E-state index contributed by atoms with van der Waals surface area (Å²) in [4.78, 5) is 12.1. The van der Waals surface area contributed by atoms with Gasteiger partial charge in [-0.2, -0.15) is 0 Å². The van der Waals surface area contributed by atoms with Crippen molar-refractivity contribution in [3.8, 4) is 0 Å². The van der Waals surface area contributed by atoms with Gasteiger partial charge >= 0.3 is 0 Å². The highest BCUT2D eigenvalue weighted by Crippen LogP contribution is 2.41. The van der Waals surface area contributed by atoms with Gasteiger partial charge in [0.05, 0.1) is 16.7 Å². The minimum Gasteiger partial charge on any atom is -0.379 e. The van der Waals surface area contributed by atoms with E-state index in [2.05, 4.69) is 92.4 Å². The normalized spacial score (nSPS) is 18.6. The second-order valence-electron chi connectivity index (χ2n) is 9.31. The lowest BCUT2D eigenvalue weighted by molar-refractivity contribution is 0.0112. The van der Waals surface area contributed by atoms with E-state index in [0.717, 1.165) is 66.0 Å². The van der Waals surface area contributed by atoms with Crippen LogP contribution in [0.2, 0.25) is 0 Å². The standard InChI is InChI=1S/C28H28N4OS/c34-27-29-25-13-7-8-14-26(25)32(27)24-15-17-31(18-16-24)20-23-19-28(33-30-23,21-9-3-1-4-10-21)22-11-5-2-6-12-22/h1-14,24H,15-20H2,(H,29,34). The topological polar surface area (TPSA) is 45.5 Å². The van der Waals surface area contributed by atoms with Crippen molar-refractivity contribution in [2.24, 2.45) is 5.16 Å². The fraction of sp³-hybridized carbons (Fsp3) is 0.286. The molecule has 1 fully saturated rings. The van der Waals surface area contributed by atoms with Crippen LogP contribution in [-0.4, -0.2) is 39.8 Å². The van der Waals surface area contributed by atoms with Crippen molar-refractivity contribution >= 4 is 29.0 Å². The summed E-state index contributed by atoms with van der Waals surface area (Å²) >= 11 is 5.66. The van der Waals surface area contributed by atoms with Gasteiger partial charge in [0.25, 0.3) is 0 Å². The van der Waals surface area contributed by atoms with Gasteiger partial charge in [0, 0.05) is 43.2 Å². The summed E-state index contributed by atoms with van der Waals surface area (Å²) < 4.78 is 3.14. The number of benzene rings is 3. The van der Waals surface area contributed by atoms with Gasteiger partial charge in [-0.15, -0.1) is 0 Å². The Morgan fingerprint density at radius 2 is 1.50 bits per heavy atom. The Bertz CT molecular complexity index is 1330. The highest BCUT2D eigenvalue weighted by Gasteiger charge is 2.43. The second-order valence-corrected chi connectivity index (χ2v) is 9.70. The van der Waals surface area contributed by atoms with E-state index in [1.165, 1.54) is 5.52 Å². The van der Waals surface area contributed by atoms with Crippen LogP contribution in [0.4, 0.5) is 0 Å². The third-order valence-electron chi connectivity index (χ3n) is 7.22. The summed E-state index contributed by atoms with van der Waals surface area (Å²) in [5.74, 6) is 0. The lowest BCUT2D eigenvalue weighted by Gasteiger charge is -2.33. The Balaban J connectivity index is 1.16. The van der Waals surface area contributed by atoms with Gasteiger partial charge in [-0.05, 0) is 37.2 Å². The van der Waals surface area contributed by atoms with Crippen LogP contribution >= 0.6 is 12.2 Å². The molecule has 3 heterocycles. The molecule has 34 heavy (non-hydrogen) atoms. The second kappa shape index (κ2) is 8.85. The highest BCUT2D eigenvalue weighted by molar-refractivity contribution is 7.71. The quantitative estimate of drug-likeness (QED) is 0.362. The summed E-state index contributed by atoms with van der Waals surface area (Å²) in [5, 5.41) is 4.61. The van der Waals surface area contributed by atoms with Gasteiger partial charge in [0.15, 0.2) is 10.4 Å². The molecule has 4 aromatic rings. The fourth-order valence-electron chi connectivity index (χ4n) is 5.50. The summed E-state index contributed by atoms with van der Waals surface area (Å²) in [5.41, 5.74) is 5.17. The molecule has 2 aliphatic rings. The van der Waals surface area contributed by atoms with Crippen molar-refractivity contribution in [3.05, 3.63) is 101 Å². The predicted molar refractivity (Wildman–Crippen MR) is 139 cm³/mol. The molecule has 0 atom stereocenters. The summed E-state index contributed by atoms with van der Waals surface area (Å²) in [7, 11) is 0. The van der Waals surface area contributed by atoms with Gasteiger partial charge in [-0.1, -0.05) is 78.0 Å². The van der Waals surface area contributed by atoms with Gasteiger partial charge in [0.2, 0.25) is 0 Å². The number of hydrogen-bond acceptors (Lipinski definition) is 4. The van der Waals surface area contributed by atoms with Crippen LogP contribution in [0.25, 0.3) is 11.0 Å². The van der Waals surface area contributed by atoms with Crippen LogP contribution in [0.1, 0.15) is 36.4 Å². The maximum atomic E-state index is 6.25. The number of para-hydroxylation sites is 2. The smallest absolute Gasteiger partial charge is 0.193 e. The molecular weight excluding hydrogens is 440 g/mol. The molecule has 0 amide bonds. The summed E-state index contributed by atoms with van der Waals surface area (Å²) in [6.07, 6.45) is 2.92. The molecule has 0 spiro atoms. The van der Waals surface area contributed by atoms with Gasteiger partial charge in [-0.3, -0.25) is 4.90 Å². The minimum absolute atomic E-state index is 0.425. The van der Waals surface area contributed by atoms with E-state index in [1.54, 1.807) is 0 Å². The summed E-state index contributed by atoms with van der Waals surface area (Å²) in [6.45, 7) is 2.89. The molecule has 5 nitrogen and oxygen atoms in total. The van der Waals surface area contributed by atoms with Crippen molar-refractivity contribution in [1.29, 1.82) is 0 Å². The number of H-pyrrole nitrogens is 1. The van der Waals surface area contributed by atoms with Crippen molar-refractivity contribution in [2.75, 3.05) is 19.6 Å². The van der Waals surface area contributed by atoms with E-state index in [0.29, 0.717) is 6.04 Å². The van der Waals surface area contributed by atoms with Crippen LogP contribution in [-0.2, 0) is 10.4 Å². The summed E-state index contributed by atoms with van der Waals surface area (Å²) in [6, 6.07) is 29.8. The zero-order valence-corrected chi connectivity index (χ0v) is 19.9. The molecule has 1 aromatic heterocycles. The van der Waals surface area contributed by atoms with E-state index in [-0.39, 0.29) is 0 Å². The highest BCUT2D eigenvalue weighted by atomic mass is 32.1. The van der Waals surface area contributed by atoms with Crippen LogP contribution in [0.15, 0.2) is 90.1 Å². The molecule has 0 radical (unpaired) electrons. The fourth-order valence-corrected chi connectivity index (χ4v) is 5.86. The molecule has 2 aliphatic heterocycles. The van der Waals surface area contributed by atoms with Gasteiger partial charge in [-0.25, -0.2) is 0 Å². The van der Waals surface area contributed by atoms with E-state index in [4.69, 9.17) is 17.1 Å². The third-order valence-corrected chi connectivity index (χ3v) is 7.51. The van der Waals surface area contributed by atoms with Gasteiger partial charge in [0.1, 0.15) is 0 Å². The Morgan fingerprint density at radius 3 is 2.18 bits per heavy atom.